The third-order valence-corrected chi connectivity index (χ3v) is 5.94. The Morgan fingerprint density at radius 2 is 1.88 bits per heavy atom. The summed E-state index contributed by atoms with van der Waals surface area (Å²) in [6.07, 6.45) is 2.38. The lowest BCUT2D eigenvalue weighted by atomic mass is 10.1. The molecule has 1 saturated heterocycles. The molecule has 34 heavy (non-hydrogen) atoms. The molecule has 2 N–H and O–H groups in total. The van der Waals surface area contributed by atoms with E-state index in [0.717, 1.165) is 29.7 Å². The molecule has 172 valence electrons. The zero-order chi connectivity index (χ0) is 23.5. The first-order valence-electron chi connectivity index (χ1n) is 11.3. The summed E-state index contributed by atoms with van der Waals surface area (Å²) in [5.41, 5.74) is 3.98. The van der Waals surface area contributed by atoms with E-state index in [-0.39, 0.29) is 11.6 Å². The molecular formula is C26H25N5O3. The van der Waals surface area contributed by atoms with E-state index in [4.69, 9.17) is 9.84 Å². The molecule has 0 saturated carbocycles. The van der Waals surface area contributed by atoms with Crippen molar-refractivity contribution in [2.75, 3.05) is 13.7 Å². The number of nitrogens with one attached hydrogen (secondary N) is 2. The number of ether oxygens (including phenoxy) is 1. The van der Waals surface area contributed by atoms with Gasteiger partial charge in [-0.15, -0.1) is 0 Å². The Labute approximate surface area is 197 Å². The summed E-state index contributed by atoms with van der Waals surface area (Å²) in [5, 5.41) is 10.5. The van der Waals surface area contributed by atoms with Gasteiger partial charge in [0.1, 0.15) is 17.5 Å². The number of hydrogen-bond donors (Lipinski definition) is 2. The topological polar surface area (TPSA) is 97.6 Å². The standard InChI is InChI=1S/C26H25N5O3/c1-34-19-11-7-10-18(14-19)23-15-22(26(33)29-20-12-5-6-13-27-25(20)32)28-24-16-21(30-31(23)24)17-8-3-2-4-9-17/h2-4,7-11,14-16,20H,5-6,12-13H2,1H3,(H,27,32)(H,29,33). The number of aromatic nitrogens is 3. The van der Waals surface area contributed by atoms with Crippen molar-refractivity contribution in [3.8, 4) is 28.3 Å². The van der Waals surface area contributed by atoms with Gasteiger partial charge in [0.05, 0.1) is 18.5 Å². The molecule has 0 spiro atoms. The van der Waals surface area contributed by atoms with Crippen LogP contribution in [0.3, 0.4) is 0 Å². The van der Waals surface area contributed by atoms with Gasteiger partial charge in [0.25, 0.3) is 5.91 Å². The molecule has 5 rings (SSSR count). The molecular weight excluding hydrogens is 430 g/mol. The van der Waals surface area contributed by atoms with Gasteiger partial charge in [-0.3, -0.25) is 9.59 Å². The van der Waals surface area contributed by atoms with Crippen LogP contribution in [0.1, 0.15) is 29.8 Å². The zero-order valence-corrected chi connectivity index (χ0v) is 18.8. The molecule has 2 amide bonds. The Bertz CT molecular complexity index is 1350. The number of hydrogen-bond acceptors (Lipinski definition) is 5. The van der Waals surface area contributed by atoms with Crippen molar-refractivity contribution in [2.24, 2.45) is 0 Å². The molecule has 1 atom stereocenters. The fourth-order valence-corrected chi connectivity index (χ4v) is 4.14. The lowest BCUT2D eigenvalue weighted by Gasteiger charge is -2.15. The van der Waals surface area contributed by atoms with Gasteiger partial charge >= 0.3 is 0 Å². The number of benzene rings is 2. The van der Waals surface area contributed by atoms with Gasteiger partial charge in [-0.2, -0.15) is 5.10 Å². The van der Waals surface area contributed by atoms with Crippen LogP contribution < -0.4 is 15.4 Å². The van der Waals surface area contributed by atoms with Crippen LogP contribution >= 0.6 is 0 Å². The molecule has 0 bridgehead atoms. The van der Waals surface area contributed by atoms with Crippen LogP contribution in [0.15, 0.2) is 66.7 Å². The molecule has 1 aliphatic heterocycles. The van der Waals surface area contributed by atoms with Crippen LogP contribution in [0.4, 0.5) is 0 Å². The lowest BCUT2D eigenvalue weighted by molar-refractivity contribution is -0.122. The first-order valence-corrected chi connectivity index (χ1v) is 11.3. The fourth-order valence-electron chi connectivity index (χ4n) is 4.14. The largest absolute Gasteiger partial charge is 0.497 e. The van der Waals surface area contributed by atoms with Gasteiger partial charge in [-0.25, -0.2) is 9.50 Å². The second-order valence-electron chi connectivity index (χ2n) is 8.24. The van der Waals surface area contributed by atoms with E-state index >= 15 is 0 Å². The summed E-state index contributed by atoms with van der Waals surface area (Å²) in [4.78, 5) is 30.1. The number of carbonyl (C=O) groups excluding carboxylic acids is 2. The molecule has 2 aromatic heterocycles. The minimum Gasteiger partial charge on any atom is -0.497 e. The highest BCUT2D eigenvalue weighted by molar-refractivity contribution is 5.97. The molecule has 3 heterocycles. The van der Waals surface area contributed by atoms with E-state index in [1.54, 1.807) is 17.7 Å². The highest BCUT2D eigenvalue weighted by Gasteiger charge is 2.24. The first kappa shape index (κ1) is 21.6. The highest BCUT2D eigenvalue weighted by atomic mass is 16.5. The molecule has 1 unspecified atom stereocenters. The van der Waals surface area contributed by atoms with E-state index in [9.17, 15) is 9.59 Å². The predicted molar refractivity (Wildman–Crippen MR) is 129 cm³/mol. The van der Waals surface area contributed by atoms with Crippen molar-refractivity contribution in [2.45, 2.75) is 25.3 Å². The number of amides is 2. The van der Waals surface area contributed by atoms with Crippen LogP contribution in [0.2, 0.25) is 0 Å². The van der Waals surface area contributed by atoms with Gasteiger partial charge in [0, 0.05) is 23.7 Å². The van der Waals surface area contributed by atoms with Crippen molar-refractivity contribution < 1.29 is 14.3 Å². The van der Waals surface area contributed by atoms with Gasteiger partial charge in [0.2, 0.25) is 5.91 Å². The Morgan fingerprint density at radius 1 is 1.06 bits per heavy atom. The maximum atomic E-state index is 13.2. The summed E-state index contributed by atoms with van der Waals surface area (Å²) in [5.74, 6) is 0.144. The maximum Gasteiger partial charge on any atom is 0.270 e. The molecule has 2 aromatic carbocycles. The third kappa shape index (κ3) is 4.34. The SMILES string of the molecule is COc1cccc(-c2cc(C(=O)NC3CCCCNC3=O)nc3cc(-c4ccccc4)nn23)c1. The molecule has 4 aromatic rings. The van der Waals surface area contributed by atoms with E-state index in [2.05, 4.69) is 15.6 Å². The molecule has 8 nitrogen and oxygen atoms in total. The second kappa shape index (κ2) is 9.35. The van der Waals surface area contributed by atoms with Gasteiger partial charge in [-0.1, -0.05) is 42.5 Å². The number of nitrogens with zero attached hydrogens (tertiary/aromatic N) is 3. The van der Waals surface area contributed by atoms with E-state index in [1.807, 2.05) is 60.7 Å². The zero-order valence-electron chi connectivity index (χ0n) is 18.8. The van der Waals surface area contributed by atoms with Crippen LogP contribution in [0.5, 0.6) is 5.75 Å². The summed E-state index contributed by atoms with van der Waals surface area (Å²) in [6, 6.07) is 20.4. The molecule has 8 heteroatoms. The number of rotatable bonds is 5. The number of fused-ring (bicyclic) bond motifs is 1. The van der Waals surface area contributed by atoms with Crippen molar-refractivity contribution in [1.29, 1.82) is 0 Å². The normalized spacial score (nSPS) is 16.0. The van der Waals surface area contributed by atoms with E-state index < -0.39 is 11.9 Å². The van der Waals surface area contributed by atoms with Gasteiger partial charge in [-0.05, 0) is 37.5 Å². The van der Waals surface area contributed by atoms with Crippen LogP contribution in [-0.2, 0) is 4.79 Å². The number of carbonyl (C=O) groups is 2. The molecule has 1 aliphatic rings. The average Bonchev–Trinajstić information content (AvgIpc) is 3.21. The van der Waals surface area contributed by atoms with Crippen LogP contribution in [0, 0.1) is 0 Å². The minimum atomic E-state index is -0.571. The van der Waals surface area contributed by atoms with E-state index in [1.165, 1.54) is 0 Å². The Morgan fingerprint density at radius 3 is 2.71 bits per heavy atom. The summed E-state index contributed by atoms with van der Waals surface area (Å²) in [6.45, 7) is 0.632. The van der Waals surface area contributed by atoms with Crippen molar-refractivity contribution in [3.63, 3.8) is 0 Å². The Kier molecular flexibility index (Phi) is 5.95. The Hall–Kier alpha value is -4.20. The Balaban J connectivity index is 1.59. The van der Waals surface area contributed by atoms with Crippen LogP contribution in [-0.4, -0.2) is 46.1 Å². The third-order valence-electron chi connectivity index (χ3n) is 5.94. The van der Waals surface area contributed by atoms with Crippen molar-refractivity contribution in [1.82, 2.24) is 25.2 Å². The van der Waals surface area contributed by atoms with Gasteiger partial charge in [0.15, 0.2) is 5.65 Å². The maximum absolute atomic E-state index is 13.2. The molecule has 1 fully saturated rings. The average molecular weight is 456 g/mol. The second-order valence-corrected chi connectivity index (χ2v) is 8.24. The predicted octanol–water partition coefficient (Wildman–Crippen LogP) is 3.47. The fraction of sp³-hybridized carbons (Fsp3) is 0.231. The van der Waals surface area contributed by atoms with Gasteiger partial charge < -0.3 is 15.4 Å². The summed E-state index contributed by atoms with van der Waals surface area (Å²) >= 11 is 0. The summed E-state index contributed by atoms with van der Waals surface area (Å²) < 4.78 is 7.12. The smallest absolute Gasteiger partial charge is 0.270 e. The van der Waals surface area contributed by atoms with Crippen molar-refractivity contribution in [3.05, 3.63) is 72.4 Å². The first-order chi connectivity index (χ1) is 16.6. The molecule has 0 aliphatic carbocycles. The van der Waals surface area contributed by atoms with Crippen LogP contribution in [0.25, 0.3) is 28.2 Å². The number of methoxy groups -OCH3 is 1. The molecule has 0 radical (unpaired) electrons. The highest BCUT2D eigenvalue weighted by Crippen LogP contribution is 2.27. The van der Waals surface area contributed by atoms with Crippen molar-refractivity contribution >= 4 is 17.5 Å². The summed E-state index contributed by atoms with van der Waals surface area (Å²) in [7, 11) is 1.61. The minimum absolute atomic E-state index is 0.157. The lowest BCUT2D eigenvalue weighted by Crippen LogP contribution is -2.45. The monoisotopic (exact) mass is 455 g/mol. The quantitative estimate of drug-likeness (QED) is 0.480. The van der Waals surface area contributed by atoms with E-state index in [0.29, 0.717) is 30.1 Å².